The van der Waals surface area contributed by atoms with Gasteiger partial charge in [-0.1, -0.05) is 19.9 Å². The van der Waals surface area contributed by atoms with Gasteiger partial charge in [-0.25, -0.2) is 4.79 Å². The lowest BCUT2D eigenvalue weighted by molar-refractivity contribution is -0.138. The SMILES string of the molecule is CC(C)C(C)(CC(=O)O)NC(=O)c1cccc(NC(=O)NC2CC2)c1. The Bertz CT molecular complexity index is 670. The van der Waals surface area contributed by atoms with Gasteiger partial charge in [-0.2, -0.15) is 0 Å². The maximum absolute atomic E-state index is 12.5. The van der Waals surface area contributed by atoms with E-state index in [0.717, 1.165) is 12.8 Å². The Morgan fingerprint density at radius 2 is 1.96 bits per heavy atom. The highest BCUT2D eigenvalue weighted by atomic mass is 16.4. The number of aliphatic carboxylic acids is 1. The fourth-order valence-corrected chi connectivity index (χ4v) is 2.36. The van der Waals surface area contributed by atoms with Crippen LogP contribution in [0.15, 0.2) is 24.3 Å². The minimum Gasteiger partial charge on any atom is -0.481 e. The first kappa shape index (κ1) is 18.8. The lowest BCUT2D eigenvalue weighted by Gasteiger charge is -2.33. The summed E-state index contributed by atoms with van der Waals surface area (Å²) in [6, 6.07) is 6.52. The molecule has 4 N–H and O–H groups in total. The van der Waals surface area contributed by atoms with E-state index in [2.05, 4.69) is 16.0 Å². The minimum atomic E-state index is -0.969. The Morgan fingerprint density at radius 3 is 2.52 bits per heavy atom. The fourth-order valence-electron chi connectivity index (χ4n) is 2.36. The van der Waals surface area contributed by atoms with Crippen molar-refractivity contribution in [3.05, 3.63) is 29.8 Å². The predicted molar refractivity (Wildman–Crippen MR) is 94.6 cm³/mol. The van der Waals surface area contributed by atoms with E-state index < -0.39 is 11.5 Å². The zero-order chi connectivity index (χ0) is 18.6. The second kappa shape index (κ2) is 7.55. The average Bonchev–Trinajstić information content (AvgIpc) is 3.30. The summed E-state index contributed by atoms with van der Waals surface area (Å²) >= 11 is 0. The van der Waals surface area contributed by atoms with Crippen LogP contribution < -0.4 is 16.0 Å². The molecule has 1 atom stereocenters. The monoisotopic (exact) mass is 347 g/mol. The molecule has 3 amide bonds. The normalized spacial score (nSPS) is 16.0. The molecule has 0 heterocycles. The van der Waals surface area contributed by atoms with Crippen molar-refractivity contribution in [1.82, 2.24) is 10.6 Å². The van der Waals surface area contributed by atoms with Gasteiger partial charge in [0.2, 0.25) is 0 Å². The van der Waals surface area contributed by atoms with Gasteiger partial charge < -0.3 is 21.1 Å². The van der Waals surface area contributed by atoms with Crippen LogP contribution in [0.4, 0.5) is 10.5 Å². The molecule has 0 bridgehead atoms. The third kappa shape index (κ3) is 5.48. The Labute approximate surface area is 147 Å². The van der Waals surface area contributed by atoms with E-state index in [1.54, 1.807) is 31.2 Å². The van der Waals surface area contributed by atoms with Crippen molar-refractivity contribution in [2.75, 3.05) is 5.32 Å². The van der Waals surface area contributed by atoms with Crippen LogP contribution in [-0.4, -0.2) is 34.6 Å². The van der Waals surface area contributed by atoms with Crippen molar-refractivity contribution in [2.24, 2.45) is 5.92 Å². The van der Waals surface area contributed by atoms with E-state index in [1.165, 1.54) is 0 Å². The maximum Gasteiger partial charge on any atom is 0.319 e. The number of amides is 3. The van der Waals surface area contributed by atoms with Crippen LogP contribution in [0, 0.1) is 5.92 Å². The lowest BCUT2D eigenvalue weighted by atomic mass is 9.85. The summed E-state index contributed by atoms with van der Waals surface area (Å²) in [6.45, 7) is 5.45. The Hall–Kier alpha value is -2.57. The van der Waals surface area contributed by atoms with Gasteiger partial charge in [-0.05, 0) is 43.9 Å². The first-order valence-electron chi connectivity index (χ1n) is 8.41. The van der Waals surface area contributed by atoms with Crippen LogP contribution in [0.5, 0.6) is 0 Å². The summed E-state index contributed by atoms with van der Waals surface area (Å²) < 4.78 is 0. The van der Waals surface area contributed by atoms with E-state index in [9.17, 15) is 14.4 Å². The van der Waals surface area contributed by atoms with Gasteiger partial charge in [0.1, 0.15) is 0 Å². The molecule has 1 saturated carbocycles. The topological polar surface area (TPSA) is 108 Å². The lowest BCUT2D eigenvalue weighted by Crippen LogP contribution is -2.51. The van der Waals surface area contributed by atoms with Gasteiger partial charge in [0.25, 0.3) is 5.91 Å². The first-order chi connectivity index (χ1) is 11.7. The zero-order valence-electron chi connectivity index (χ0n) is 14.8. The number of carboxylic acid groups (broad SMARTS) is 1. The molecule has 25 heavy (non-hydrogen) atoms. The van der Waals surface area contributed by atoms with Crippen molar-refractivity contribution in [3.8, 4) is 0 Å². The molecule has 7 nitrogen and oxygen atoms in total. The predicted octanol–water partition coefficient (Wildman–Crippen LogP) is 2.59. The molecule has 0 aliphatic heterocycles. The van der Waals surface area contributed by atoms with Gasteiger partial charge >= 0.3 is 12.0 Å². The molecule has 7 heteroatoms. The third-order valence-electron chi connectivity index (χ3n) is 4.49. The van der Waals surface area contributed by atoms with Crippen molar-refractivity contribution in [2.45, 2.75) is 51.6 Å². The van der Waals surface area contributed by atoms with Crippen LogP contribution in [0.3, 0.4) is 0 Å². The summed E-state index contributed by atoms with van der Waals surface area (Å²) in [5.41, 5.74) is 0.00663. The van der Waals surface area contributed by atoms with Crippen molar-refractivity contribution in [1.29, 1.82) is 0 Å². The summed E-state index contributed by atoms with van der Waals surface area (Å²) in [7, 11) is 0. The molecule has 2 rings (SSSR count). The minimum absolute atomic E-state index is 0.0572. The number of carboxylic acids is 1. The standard InChI is InChI=1S/C18H25N3O4/c1-11(2)18(3,10-15(22)23)21-16(24)12-5-4-6-14(9-12)20-17(25)19-13-7-8-13/h4-6,9,11,13H,7-8,10H2,1-3H3,(H,21,24)(H,22,23)(H2,19,20,25). The highest BCUT2D eigenvalue weighted by Gasteiger charge is 2.33. The summed E-state index contributed by atoms with van der Waals surface area (Å²) in [5, 5.41) is 17.4. The maximum atomic E-state index is 12.5. The van der Waals surface area contributed by atoms with Gasteiger partial charge in [0.15, 0.2) is 0 Å². The fraction of sp³-hybridized carbons (Fsp3) is 0.500. The van der Waals surface area contributed by atoms with Gasteiger partial charge in [-0.15, -0.1) is 0 Å². The van der Waals surface area contributed by atoms with Crippen molar-refractivity contribution in [3.63, 3.8) is 0 Å². The number of urea groups is 1. The highest BCUT2D eigenvalue weighted by Crippen LogP contribution is 2.22. The average molecular weight is 347 g/mol. The third-order valence-corrected chi connectivity index (χ3v) is 4.49. The van der Waals surface area contributed by atoms with Crippen LogP contribution in [-0.2, 0) is 4.79 Å². The van der Waals surface area contributed by atoms with Gasteiger partial charge in [0, 0.05) is 17.3 Å². The van der Waals surface area contributed by atoms with Gasteiger partial charge in [-0.3, -0.25) is 9.59 Å². The molecule has 0 radical (unpaired) electrons. The molecule has 1 aliphatic rings. The van der Waals surface area contributed by atoms with Gasteiger partial charge in [0.05, 0.1) is 12.0 Å². The molecule has 1 aromatic rings. The number of anilines is 1. The number of hydrogen-bond donors (Lipinski definition) is 4. The molecular weight excluding hydrogens is 322 g/mol. The number of carbonyl (C=O) groups excluding carboxylic acids is 2. The highest BCUT2D eigenvalue weighted by molar-refractivity contribution is 5.97. The molecular formula is C18H25N3O4. The molecule has 0 aromatic heterocycles. The second-order valence-electron chi connectivity index (χ2n) is 7.05. The number of rotatable bonds is 7. The molecule has 1 aliphatic carbocycles. The van der Waals surface area contributed by atoms with Crippen molar-refractivity contribution < 1.29 is 19.5 Å². The summed E-state index contributed by atoms with van der Waals surface area (Å²) in [6.07, 6.45) is 1.82. The molecule has 1 fully saturated rings. The second-order valence-corrected chi connectivity index (χ2v) is 7.05. The summed E-state index contributed by atoms with van der Waals surface area (Å²) in [5.74, 6) is -1.40. The summed E-state index contributed by atoms with van der Waals surface area (Å²) in [4.78, 5) is 35.4. The zero-order valence-corrected chi connectivity index (χ0v) is 14.8. The van der Waals surface area contributed by atoms with Crippen LogP contribution in [0.25, 0.3) is 0 Å². The van der Waals surface area contributed by atoms with E-state index >= 15 is 0 Å². The Kier molecular flexibility index (Phi) is 5.66. The van der Waals surface area contributed by atoms with Crippen LogP contribution >= 0.6 is 0 Å². The van der Waals surface area contributed by atoms with Crippen LogP contribution in [0.1, 0.15) is 50.4 Å². The molecule has 1 unspecified atom stereocenters. The number of hydrogen-bond acceptors (Lipinski definition) is 3. The Balaban J connectivity index is 2.06. The van der Waals surface area contributed by atoms with Crippen LogP contribution in [0.2, 0.25) is 0 Å². The largest absolute Gasteiger partial charge is 0.481 e. The van der Waals surface area contributed by atoms with E-state index in [0.29, 0.717) is 11.3 Å². The van der Waals surface area contributed by atoms with E-state index in [4.69, 9.17) is 5.11 Å². The number of carbonyl (C=O) groups is 3. The quantitative estimate of drug-likeness (QED) is 0.608. The Morgan fingerprint density at radius 1 is 1.28 bits per heavy atom. The molecule has 0 spiro atoms. The van der Waals surface area contributed by atoms with Crippen molar-refractivity contribution >= 4 is 23.6 Å². The van der Waals surface area contributed by atoms with E-state index in [-0.39, 0.29) is 30.3 Å². The molecule has 136 valence electrons. The molecule has 1 aromatic carbocycles. The van der Waals surface area contributed by atoms with E-state index in [1.807, 2.05) is 13.8 Å². The number of nitrogens with one attached hydrogen (secondary N) is 3. The molecule has 0 saturated heterocycles. The first-order valence-corrected chi connectivity index (χ1v) is 8.41. The number of benzene rings is 1. The smallest absolute Gasteiger partial charge is 0.319 e.